The van der Waals surface area contributed by atoms with Gasteiger partial charge in [-0.1, -0.05) is 19.9 Å². The van der Waals surface area contributed by atoms with Crippen molar-refractivity contribution in [1.29, 1.82) is 0 Å². The molecule has 0 radical (unpaired) electrons. The number of imidazole rings is 1. The van der Waals surface area contributed by atoms with Crippen LogP contribution >= 0.6 is 0 Å². The number of rotatable bonds is 5. The largest absolute Gasteiger partial charge is 0.312 e. The predicted molar refractivity (Wildman–Crippen MR) is 70.1 cm³/mol. The monoisotopic (exact) mass is 247 g/mol. The van der Waals surface area contributed by atoms with Crippen molar-refractivity contribution >= 4 is 0 Å². The lowest BCUT2D eigenvalue weighted by Gasteiger charge is -2.09. The lowest BCUT2D eigenvalue weighted by atomic mass is 10.1. The van der Waals surface area contributed by atoms with Gasteiger partial charge >= 0.3 is 0 Å². The van der Waals surface area contributed by atoms with Crippen LogP contribution in [0.25, 0.3) is 5.69 Å². The Morgan fingerprint density at radius 3 is 2.83 bits per heavy atom. The number of aromatic nitrogens is 2. The summed E-state index contributed by atoms with van der Waals surface area (Å²) >= 11 is 0. The van der Waals surface area contributed by atoms with E-state index in [1.807, 2.05) is 6.07 Å². The number of hydrogen-bond acceptors (Lipinski definition) is 2. The average Bonchev–Trinajstić information content (AvgIpc) is 2.82. The van der Waals surface area contributed by atoms with Crippen LogP contribution in [0.5, 0.6) is 0 Å². The SMILES string of the molecule is CC(C)CNCc1ccc(-n2ccnc2)c(F)c1. The predicted octanol–water partition coefficient (Wildman–Crippen LogP) is 2.76. The molecule has 0 unspecified atom stereocenters. The molecule has 0 bridgehead atoms. The van der Waals surface area contributed by atoms with Crippen LogP contribution in [-0.2, 0) is 6.54 Å². The van der Waals surface area contributed by atoms with E-state index in [0.29, 0.717) is 18.2 Å². The zero-order valence-corrected chi connectivity index (χ0v) is 10.7. The summed E-state index contributed by atoms with van der Waals surface area (Å²) in [5, 5.41) is 3.30. The molecule has 1 heterocycles. The summed E-state index contributed by atoms with van der Waals surface area (Å²) in [6, 6.07) is 5.29. The van der Waals surface area contributed by atoms with Gasteiger partial charge in [-0.2, -0.15) is 0 Å². The molecule has 2 rings (SSSR count). The van der Waals surface area contributed by atoms with Crippen LogP contribution < -0.4 is 5.32 Å². The first-order valence-electron chi connectivity index (χ1n) is 6.14. The maximum absolute atomic E-state index is 13.9. The van der Waals surface area contributed by atoms with Crippen LogP contribution in [0.1, 0.15) is 19.4 Å². The van der Waals surface area contributed by atoms with Gasteiger partial charge in [0.2, 0.25) is 0 Å². The van der Waals surface area contributed by atoms with Gasteiger partial charge < -0.3 is 9.88 Å². The van der Waals surface area contributed by atoms with E-state index in [1.165, 1.54) is 0 Å². The Bertz CT molecular complexity index is 492. The molecule has 4 heteroatoms. The maximum atomic E-state index is 13.9. The Morgan fingerprint density at radius 1 is 1.39 bits per heavy atom. The fourth-order valence-electron chi connectivity index (χ4n) is 1.78. The van der Waals surface area contributed by atoms with Crippen molar-refractivity contribution in [3.05, 3.63) is 48.3 Å². The smallest absolute Gasteiger partial charge is 0.147 e. The van der Waals surface area contributed by atoms with Gasteiger partial charge in [-0.25, -0.2) is 9.37 Å². The Balaban J connectivity index is 2.06. The molecule has 96 valence electrons. The Hall–Kier alpha value is -1.68. The van der Waals surface area contributed by atoms with Crippen LogP contribution in [0.2, 0.25) is 0 Å². The van der Waals surface area contributed by atoms with Crippen LogP contribution in [0.15, 0.2) is 36.9 Å². The van der Waals surface area contributed by atoms with Gasteiger partial charge in [-0.15, -0.1) is 0 Å². The Morgan fingerprint density at radius 2 is 2.22 bits per heavy atom. The number of halogens is 1. The normalized spacial score (nSPS) is 11.1. The Kier molecular flexibility index (Phi) is 4.10. The molecule has 2 aromatic rings. The summed E-state index contributed by atoms with van der Waals surface area (Å²) < 4.78 is 15.6. The molecule has 3 nitrogen and oxygen atoms in total. The molecular weight excluding hydrogens is 229 g/mol. The molecule has 1 aromatic carbocycles. The molecule has 0 fully saturated rings. The zero-order valence-electron chi connectivity index (χ0n) is 10.7. The fraction of sp³-hybridized carbons (Fsp3) is 0.357. The molecule has 0 amide bonds. The Labute approximate surface area is 107 Å². The molecule has 18 heavy (non-hydrogen) atoms. The highest BCUT2D eigenvalue weighted by atomic mass is 19.1. The molecule has 1 aromatic heterocycles. The van der Waals surface area contributed by atoms with E-state index in [-0.39, 0.29) is 5.82 Å². The topological polar surface area (TPSA) is 29.9 Å². The summed E-state index contributed by atoms with van der Waals surface area (Å²) in [6.07, 6.45) is 4.96. The summed E-state index contributed by atoms with van der Waals surface area (Å²) in [6.45, 7) is 5.93. The molecule has 0 aliphatic carbocycles. The third kappa shape index (κ3) is 3.17. The molecular formula is C14H18FN3. The minimum absolute atomic E-state index is 0.225. The zero-order chi connectivity index (χ0) is 13.0. The molecule has 0 aliphatic rings. The highest BCUT2D eigenvalue weighted by molar-refractivity contribution is 5.36. The van der Waals surface area contributed by atoms with Crippen molar-refractivity contribution in [1.82, 2.24) is 14.9 Å². The van der Waals surface area contributed by atoms with Crippen LogP contribution in [0, 0.1) is 11.7 Å². The van der Waals surface area contributed by atoms with Gasteiger partial charge in [0.25, 0.3) is 0 Å². The molecule has 0 saturated heterocycles. The molecule has 0 saturated carbocycles. The van der Waals surface area contributed by atoms with E-state index in [1.54, 1.807) is 35.4 Å². The third-order valence-electron chi connectivity index (χ3n) is 2.68. The van der Waals surface area contributed by atoms with Crippen molar-refractivity contribution in [3.63, 3.8) is 0 Å². The van der Waals surface area contributed by atoms with Gasteiger partial charge in [0.15, 0.2) is 0 Å². The highest BCUT2D eigenvalue weighted by Gasteiger charge is 2.05. The van der Waals surface area contributed by atoms with E-state index in [2.05, 4.69) is 24.1 Å². The number of benzene rings is 1. The third-order valence-corrected chi connectivity index (χ3v) is 2.68. The van der Waals surface area contributed by atoms with Gasteiger partial charge in [-0.3, -0.25) is 0 Å². The molecule has 1 N–H and O–H groups in total. The quantitative estimate of drug-likeness (QED) is 0.880. The van der Waals surface area contributed by atoms with Crippen LogP contribution in [0.4, 0.5) is 4.39 Å². The average molecular weight is 247 g/mol. The first kappa shape index (κ1) is 12.8. The van der Waals surface area contributed by atoms with Gasteiger partial charge in [-0.05, 0) is 30.2 Å². The molecule has 0 atom stereocenters. The minimum atomic E-state index is -0.225. The number of nitrogens with one attached hydrogen (secondary N) is 1. The molecule has 0 spiro atoms. The van der Waals surface area contributed by atoms with E-state index < -0.39 is 0 Å². The number of hydrogen-bond donors (Lipinski definition) is 1. The van der Waals surface area contributed by atoms with Gasteiger partial charge in [0, 0.05) is 18.9 Å². The van der Waals surface area contributed by atoms with Crippen molar-refractivity contribution in [2.45, 2.75) is 20.4 Å². The van der Waals surface area contributed by atoms with E-state index in [0.717, 1.165) is 12.1 Å². The fourth-order valence-corrected chi connectivity index (χ4v) is 1.78. The van der Waals surface area contributed by atoms with E-state index in [4.69, 9.17) is 0 Å². The van der Waals surface area contributed by atoms with Crippen molar-refractivity contribution < 1.29 is 4.39 Å². The van der Waals surface area contributed by atoms with Crippen molar-refractivity contribution in [3.8, 4) is 5.69 Å². The summed E-state index contributed by atoms with van der Waals surface area (Å²) in [5.74, 6) is 0.372. The van der Waals surface area contributed by atoms with Gasteiger partial charge in [0.1, 0.15) is 5.82 Å². The van der Waals surface area contributed by atoms with Crippen LogP contribution in [0.3, 0.4) is 0 Å². The van der Waals surface area contributed by atoms with Crippen molar-refractivity contribution in [2.24, 2.45) is 5.92 Å². The van der Waals surface area contributed by atoms with Crippen molar-refractivity contribution in [2.75, 3.05) is 6.54 Å². The minimum Gasteiger partial charge on any atom is -0.312 e. The second kappa shape index (κ2) is 5.78. The summed E-state index contributed by atoms with van der Waals surface area (Å²) in [7, 11) is 0. The second-order valence-corrected chi connectivity index (χ2v) is 4.78. The highest BCUT2D eigenvalue weighted by Crippen LogP contribution is 2.14. The summed E-state index contributed by atoms with van der Waals surface area (Å²) in [5.41, 5.74) is 1.48. The lowest BCUT2D eigenvalue weighted by Crippen LogP contribution is -2.19. The van der Waals surface area contributed by atoms with E-state index >= 15 is 0 Å². The first-order chi connectivity index (χ1) is 8.66. The second-order valence-electron chi connectivity index (χ2n) is 4.78. The standard InChI is InChI=1S/C14H18FN3/c1-11(2)8-17-9-12-3-4-14(13(15)7-12)18-6-5-16-10-18/h3-7,10-11,17H,8-9H2,1-2H3. The van der Waals surface area contributed by atoms with Gasteiger partial charge in [0.05, 0.1) is 12.0 Å². The lowest BCUT2D eigenvalue weighted by molar-refractivity contribution is 0.549. The maximum Gasteiger partial charge on any atom is 0.147 e. The molecule has 0 aliphatic heterocycles. The van der Waals surface area contributed by atoms with E-state index in [9.17, 15) is 4.39 Å². The first-order valence-corrected chi connectivity index (χ1v) is 6.14. The van der Waals surface area contributed by atoms with Crippen LogP contribution in [-0.4, -0.2) is 16.1 Å². The summed E-state index contributed by atoms with van der Waals surface area (Å²) in [4.78, 5) is 3.92. The number of nitrogens with zero attached hydrogens (tertiary/aromatic N) is 2.